The van der Waals surface area contributed by atoms with E-state index in [9.17, 15) is 19.6 Å². The van der Waals surface area contributed by atoms with Gasteiger partial charge in [-0.15, -0.1) is 0 Å². The third kappa shape index (κ3) is 8.74. The quantitative estimate of drug-likeness (QED) is 0.122. The molecule has 48 heavy (non-hydrogen) atoms. The lowest BCUT2D eigenvalue weighted by Crippen LogP contribution is -2.45. The molecule has 1 aliphatic heterocycles. The van der Waals surface area contributed by atoms with Gasteiger partial charge >= 0.3 is 12.0 Å². The molecular weight excluding hydrogens is 642 g/mol. The van der Waals surface area contributed by atoms with Crippen LogP contribution in [0.25, 0.3) is 0 Å². The Hall–Kier alpha value is -5.74. The van der Waals surface area contributed by atoms with E-state index >= 15 is 0 Å². The summed E-state index contributed by atoms with van der Waals surface area (Å²) >= 11 is 6.51. The van der Waals surface area contributed by atoms with Gasteiger partial charge in [-0.05, 0) is 62.2 Å². The standard InChI is InChI=1S/C34H34ClN5O8/c1-5-45-28-14-21(13-25(35)32(28)48-18-24-10-8-7-9-23(24)16-36)17-37-40-29(41)19-47-26-12-11-22(15-27(26)44-4)31-30(33(42)46-6-2)20(3)38-34(43)39-31/h7-15,17,31H,5-6,18-19H2,1-4H3,(H,40,41)(H2,38,39,43)/b37-17-/t31-/m1/s1. The van der Waals surface area contributed by atoms with E-state index in [1.807, 2.05) is 13.0 Å². The fraction of sp³-hybridized carbons (Fsp3) is 0.265. The highest BCUT2D eigenvalue weighted by atomic mass is 35.5. The zero-order valence-electron chi connectivity index (χ0n) is 26.7. The Bertz CT molecular complexity index is 1790. The van der Waals surface area contributed by atoms with Gasteiger partial charge in [-0.1, -0.05) is 35.9 Å². The number of rotatable bonds is 14. The number of carbonyl (C=O) groups is 3. The van der Waals surface area contributed by atoms with Crippen LogP contribution in [0.5, 0.6) is 23.0 Å². The number of allylic oxidation sites excluding steroid dienone is 1. The molecule has 0 bridgehead atoms. The van der Waals surface area contributed by atoms with E-state index in [-0.39, 0.29) is 35.3 Å². The number of hydrazone groups is 1. The van der Waals surface area contributed by atoms with Crippen LogP contribution in [0.3, 0.4) is 0 Å². The molecular formula is C34H34ClN5O8. The lowest BCUT2D eigenvalue weighted by Gasteiger charge is -2.28. The van der Waals surface area contributed by atoms with Crippen molar-refractivity contribution in [1.82, 2.24) is 16.1 Å². The molecule has 0 spiro atoms. The first-order valence-corrected chi connectivity index (χ1v) is 15.2. The molecule has 0 aliphatic carbocycles. The molecule has 0 unspecified atom stereocenters. The second-order valence-electron chi connectivity index (χ2n) is 10.1. The molecule has 3 amide bonds. The molecule has 14 heteroatoms. The Balaban J connectivity index is 1.40. The summed E-state index contributed by atoms with van der Waals surface area (Å²) < 4.78 is 27.9. The van der Waals surface area contributed by atoms with E-state index in [1.54, 1.807) is 62.4 Å². The normalized spacial score (nSPS) is 14.0. The molecule has 0 radical (unpaired) electrons. The number of esters is 1. The van der Waals surface area contributed by atoms with E-state index in [2.05, 4.69) is 27.2 Å². The molecule has 1 heterocycles. The third-order valence-corrected chi connectivity index (χ3v) is 7.17. The molecule has 0 saturated heterocycles. The van der Waals surface area contributed by atoms with Gasteiger partial charge in [0.15, 0.2) is 29.6 Å². The zero-order chi connectivity index (χ0) is 34.6. The number of methoxy groups -OCH3 is 1. The Labute approximate surface area is 282 Å². The van der Waals surface area contributed by atoms with Crippen molar-refractivity contribution in [3.63, 3.8) is 0 Å². The number of carbonyl (C=O) groups excluding carboxylic acids is 3. The maximum Gasteiger partial charge on any atom is 0.338 e. The van der Waals surface area contributed by atoms with Crippen LogP contribution < -0.4 is 35.0 Å². The summed E-state index contributed by atoms with van der Waals surface area (Å²) in [5.41, 5.74) is 5.29. The molecule has 0 saturated carbocycles. The summed E-state index contributed by atoms with van der Waals surface area (Å²) in [4.78, 5) is 37.4. The summed E-state index contributed by atoms with van der Waals surface area (Å²) in [5, 5.41) is 18.9. The topological polar surface area (TPSA) is 170 Å². The van der Waals surface area contributed by atoms with Crippen molar-refractivity contribution in [2.75, 3.05) is 26.9 Å². The molecule has 1 aliphatic rings. The molecule has 0 fully saturated rings. The van der Waals surface area contributed by atoms with Gasteiger partial charge in [0, 0.05) is 11.3 Å². The average molecular weight is 676 g/mol. The summed E-state index contributed by atoms with van der Waals surface area (Å²) in [7, 11) is 1.42. The summed E-state index contributed by atoms with van der Waals surface area (Å²) in [6, 6.07) is 16.0. The van der Waals surface area contributed by atoms with Crippen LogP contribution in [0.4, 0.5) is 4.79 Å². The van der Waals surface area contributed by atoms with Crippen LogP contribution in [0.15, 0.2) is 71.0 Å². The van der Waals surface area contributed by atoms with Crippen molar-refractivity contribution in [3.05, 3.63) is 93.1 Å². The number of amides is 3. The number of hydrogen-bond donors (Lipinski definition) is 3. The molecule has 0 aromatic heterocycles. The number of halogens is 1. The van der Waals surface area contributed by atoms with Gasteiger partial charge in [-0.25, -0.2) is 15.0 Å². The van der Waals surface area contributed by atoms with Crippen molar-refractivity contribution in [2.45, 2.75) is 33.4 Å². The Morgan fingerprint density at radius 3 is 2.56 bits per heavy atom. The number of benzene rings is 3. The zero-order valence-corrected chi connectivity index (χ0v) is 27.5. The molecule has 4 rings (SSSR count). The second kappa shape index (κ2) is 16.7. The highest BCUT2D eigenvalue weighted by Gasteiger charge is 2.32. The maximum absolute atomic E-state index is 12.6. The van der Waals surface area contributed by atoms with Crippen molar-refractivity contribution in [1.29, 1.82) is 5.26 Å². The molecule has 13 nitrogen and oxygen atoms in total. The van der Waals surface area contributed by atoms with Crippen molar-refractivity contribution < 1.29 is 38.1 Å². The van der Waals surface area contributed by atoms with Crippen molar-refractivity contribution in [3.8, 4) is 29.1 Å². The van der Waals surface area contributed by atoms with E-state index < -0.39 is 30.6 Å². The summed E-state index contributed by atoms with van der Waals surface area (Å²) in [6.45, 7) is 5.35. The highest BCUT2D eigenvalue weighted by Crippen LogP contribution is 2.37. The highest BCUT2D eigenvalue weighted by molar-refractivity contribution is 6.32. The largest absolute Gasteiger partial charge is 0.493 e. The van der Waals surface area contributed by atoms with Gasteiger partial charge in [-0.3, -0.25) is 4.79 Å². The van der Waals surface area contributed by atoms with Gasteiger partial charge in [0.25, 0.3) is 5.91 Å². The van der Waals surface area contributed by atoms with Gasteiger partial charge in [0.1, 0.15) is 6.61 Å². The first-order valence-electron chi connectivity index (χ1n) is 14.8. The fourth-order valence-corrected chi connectivity index (χ4v) is 5.00. The van der Waals surface area contributed by atoms with Crippen LogP contribution in [0.2, 0.25) is 5.02 Å². The predicted octanol–water partition coefficient (Wildman–Crippen LogP) is 4.92. The van der Waals surface area contributed by atoms with Crippen LogP contribution in [-0.2, 0) is 20.9 Å². The monoisotopic (exact) mass is 675 g/mol. The molecule has 3 N–H and O–H groups in total. The summed E-state index contributed by atoms with van der Waals surface area (Å²) in [5.74, 6) is 0.0807. The Kier molecular flexibility index (Phi) is 12.2. The number of urea groups is 1. The van der Waals surface area contributed by atoms with Gasteiger partial charge in [0.2, 0.25) is 0 Å². The molecule has 1 atom stereocenters. The van der Waals surface area contributed by atoms with E-state index in [4.69, 9.17) is 35.3 Å². The number of nitrogens with zero attached hydrogens (tertiary/aromatic N) is 2. The Morgan fingerprint density at radius 1 is 1.04 bits per heavy atom. The Morgan fingerprint density at radius 2 is 1.83 bits per heavy atom. The molecule has 3 aromatic carbocycles. The number of ether oxygens (including phenoxy) is 5. The SMILES string of the molecule is CCOC(=O)C1=C(C)NC(=O)N[C@@H]1c1ccc(OCC(=O)N/N=C\c2cc(Cl)c(OCc3ccccc3C#N)c(OCC)c2)c(OC)c1. The smallest absolute Gasteiger partial charge is 0.338 e. The lowest BCUT2D eigenvalue weighted by atomic mass is 9.95. The first kappa shape index (κ1) is 35.1. The predicted molar refractivity (Wildman–Crippen MR) is 176 cm³/mol. The minimum absolute atomic E-state index is 0.112. The fourth-order valence-electron chi connectivity index (χ4n) is 4.73. The third-order valence-electron chi connectivity index (χ3n) is 6.89. The van der Waals surface area contributed by atoms with Gasteiger partial charge in [-0.2, -0.15) is 10.4 Å². The van der Waals surface area contributed by atoms with E-state index in [0.29, 0.717) is 46.1 Å². The number of nitrogens with one attached hydrogen (secondary N) is 3. The first-order chi connectivity index (χ1) is 23.2. The van der Waals surface area contributed by atoms with E-state index in [1.165, 1.54) is 13.3 Å². The van der Waals surface area contributed by atoms with E-state index in [0.717, 1.165) is 0 Å². The van der Waals surface area contributed by atoms with Crippen LogP contribution >= 0.6 is 11.6 Å². The number of nitriles is 1. The average Bonchev–Trinajstić information content (AvgIpc) is 3.07. The number of hydrogen-bond acceptors (Lipinski definition) is 10. The summed E-state index contributed by atoms with van der Waals surface area (Å²) in [6.07, 6.45) is 1.39. The maximum atomic E-state index is 12.6. The van der Waals surface area contributed by atoms with Crippen molar-refractivity contribution in [2.24, 2.45) is 5.10 Å². The van der Waals surface area contributed by atoms with Gasteiger partial charge in [0.05, 0.1) is 54.8 Å². The molecule has 250 valence electrons. The minimum Gasteiger partial charge on any atom is -0.493 e. The van der Waals surface area contributed by atoms with Crippen LogP contribution in [0, 0.1) is 11.3 Å². The van der Waals surface area contributed by atoms with Crippen LogP contribution in [-0.4, -0.2) is 51.1 Å². The molecule has 3 aromatic rings. The second-order valence-corrected chi connectivity index (χ2v) is 10.5. The minimum atomic E-state index is -0.795. The van der Waals surface area contributed by atoms with Gasteiger partial charge < -0.3 is 34.3 Å². The lowest BCUT2D eigenvalue weighted by molar-refractivity contribution is -0.139. The van der Waals surface area contributed by atoms with Crippen LogP contribution in [0.1, 0.15) is 49.1 Å². The van der Waals surface area contributed by atoms with Crippen molar-refractivity contribution >= 4 is 35.7 Å².